The summed E-state index contributed by atoms with van der Waals surface area (Å²) in [6, 6.07) is 4.42. The number of carbonyl (C=O) groups is 6. The molecule has 0 saturated heterocycles. The van der Waals surface area contributed by atoms with Crippen molar-refractivity contribution >= 4 is 47.2 Å². The summed E-state index contributed by atoms with van der Waals surface area (Å²) in [7, 11) is 6.18. The highest BCUT2D eigenvalue weighted by Gasteiger charge is 2.54. The van der Waals surface area contributed by atoms with Gasteiger partial charge in [0, 0.05) is 0 Å². The average Bonchev–Trinajstić information content (AvgIpc) is 3.30. The number of methoxy groups -OCH3 is 6. The molecule has 2 aliphatic rings. The standard InChI is InChI=1S/C25H24N2O12/c1-34-15(28)11-14(21(29)35-2)26-12-9-7-8-10-13(12)27-19(25(33)39-6)17(23(31)37-4)16(22(30)36-3)18(20(26)27)24(32)38-5/h7-11,19H,1-6H3/b14-11+/t19-/m1/s1. The third-order valence-corrected chi connectivity index (χ3v) is 5.80. The molecule has 1 aromatic carbocycles. The van der Waals surface area contributed by atoms with E-state index in [2.05, 4.69) is 4.74 Å². The number of para-hydroxylation sites is 2. The number of nitrogens with zero attached hydrogens (tertiary/aromatic N) is 2. The first-order valence-electron chi connectivity index (χ1n) is 11.0. The number of fused-ring (bicyclic) bond motifs is 3. The summed E-state index contributed by atoms with van der Waals surface area (Å²) in [6.07, 6.45) is 0.790. The summed E-state index contributed by atoms with van der Waals surface area (Å²) in [6.45, 7) is 0. The van der Waals surface area contributed by atoms with E-state index in [9.17, 15) is 28.8 Å². The number of benzene rings is 1. The molecule has 0 radical (unpaired) electrons. The van der Waals surface area contributed by atoms with Gasteiger partial charge in [-0.3, -0.25) is 4.90 Å². The minimum Gasteiger partial charge on any atom is -0.467 e. The molecule has 0 saturated carbocycles. The van der Waals surface area contributed by atoms with Crippen LogP contribution in [0.5, 0.6) is 0 Å². The highest BCUT2D eigenvalue weighted by Crippen LogP contribution is 2.51. The fraction of sp³-hybridized carbons (Fsp3) is 0.280. The van der Waals surface area contributed by atoms with Gasteiger partial charge in [-0.15, -0.1) is 0 Å². The molecular formula is C25H24N2O12. The zero-order chi connectivity index (χ0) is 29.0. The molecule has 0 aromatic heterocycles. The van der Waals surface area contributed by atoms with Crippen LogP contribution in [-0.2, 0) is 57.2 Å². The van der Waals surface area contributed by atoms with E-state index in [1.807, 2.05) is 0 Å². The zero-order valence-corrected chi connectivity index (χ0v) is 21.8. The molecule has 0 amide bonds. The molecule has 39 heavy (non-hydrogen) atoms. The number of carbonyl (C=O) groups excluding carboxylic acids is 6. The lowest BCUT2D eigenvalue weighted by molar-refractivity contribution is -0.145. The van der Waals surface area contributed by atoms with Crippen LogP contribution >= 0.6 is 0 Å². The molecule has 206 valence electrons. The Morgan fingerprint density at radius 3 is 1.77 bits per heavy atom. The van der Waals surface area contributed by atoms with Crippen LogP contribution in [0, 0.1) is 0 Å². The van der Waals surface area contributed by atoms with Gasteiger partial charge >= 0.3 is 35.8 Å². The van der Waals surface area contributed by atoms with Gasteiger partial charge in [0.25, 0.3) is 0 Å². The van der Waals surface area contributed by atoms with Crippen LogP contribution in [0.4, 0.5) is 11.4 Å². The van der Waals surface area contributed by atoms with Crippen LogP contribution in [-0.4, -0.2) is 84.5 Å². The second kappa shape index (κ2) is 11.5. The van der Waals surface area contributed by atoms with E-state index in [4.69, 9.17) is 23.7 Å². The first-order valence-corrected chi connectivity index (χ1v) is 11.0. The quantitative estimate of drug-likeness (QED) is 0.258. The Kier molecular flexibility index (Phi) is 8.38. The number of anilines is 2. The van der Waals surface area contributed by atoms with Crippen LogP contribution in [0.15, 0.2) is 58.6 Å². The largest absolute Gasteiger partial charge is 0.467 e. The monoisotopic (exact) mass is 544 g/mol. The molecule has 14 nitrogen and oxygen atoms in total. The van der Waals surface area contributed by atoms with Crippen molar-refractivity contribution in [1.29, 1.82) is 0 Å². The van der Waals surface area contributed by atoms with Gasteiger partial charge < -0.3 is 33.3 Å². The number of hydrogen-bond acceptors (Lipinski definition) is 14. The van der Waals surface area contributed by atoms with Crippen molar-refractivity contribution in [3.05, 3.63) is 58.6 Å². The summed E-state index contributed by atoms with van der Waals surface area (Å²) in [5, 5.41) is 0. The van der Waals surface area contributed by atoms with Crippen molar-refractivity contribution in [2.75, 3.05) is 52.5 Å². The molecule has 0 N–H and O–H groups in total. The summed E-state index contributed by atoms with van der Waals surface area (Å²) < 4.78 is 29.2. The summed E-state index contributed by atoms with van der Waals surface area (Å²) in [5.74, 6) is -6.87. The molecule has 2 heterocycles. The fourth-order valence-corrected chi connectivity index (χ4v) is 4.20. The zero-order valence-electron chi connectivity index (χ0n) is 21.8. The summed E-state index contributed by atoms with van der Waals surface area (Å²) in [5.41, 5.74) is -2.00. The first kappa shape index (κ1) is 28.4. The lowest BCUT2D eigenvalue weighted by atomic mass is 9.89. The van der Waals surface area contributed by atoms with E-state index in [1.54, 1.807) is 12.1 Å². The maximum Gasteiger partial charge on any atom is 0.355 e. The normalized spacial score (nSPS) is 16.2. The van der Waals surface area contributed by atoms with Crippen LogP contribution in [0.1, 0.15) is 0 Å². The second-order valence-corrected chi connectivity index (χ2v) is 7.63. The summed E-state index contributed by atoms with van der Waals surface area (Å²) >= 11 is 0. The van der Waals surface area contributed by atoms with Crippen LogP contribution in [0.2, 0.25) is 0 Å². The maximum atomic E-state index is 13.3. The van der Waals surface area contributed by atoms with Gasteiger partial charge in [-0.25, -0.2) is 28.8 Å². The van der Waals surface area contributed by atoms with Gasteiger partial charge in [0.05, 0.1) is 71.3 Å². The summed E-state index contributed by atoms with van der Waals surface area (Å²) in [4.78, 5) is 80.3. The van der Waals surface area contributed by atoms with Gasteiger partial charge in [0.2, 0.25) is 0 Å². The minimum atomic E-state index is -1.72. The molecule has 0 fully saturated rings. The second-order valence-electron chi connectivity index (χ2n) is 7.63. The van der Waals surface area contributed by atoms with Crippen molar-refractivity contribution in [3.63, 3.8) is 0 Å². The SMILES string of the molecule is COC(=O)/C=C(\C(=O)OC)N1C2=C(C(=O)OC)C(C(=O)OC)=C(C(=O)OC)[C@H](C(=O)OC)N2c2ccccc21. The molecule has 0 bridgehead atoms. The lowest BCUT2D eigenvalue weighted by Crippen LogP contribution is -2.51. The van der Waals surface area contributed by atoms with E-state index in [0.29, 0.717) is 0 Å². The Labute approximate surface area is 221 Å². The van der Waals surface area contributed by atoms with E-state index < -0.39 is 64.3 Å². The third-order valence-electron chi connectivity index (χ3n) is 5.80. The van der Waals surface area contributed by atoms with E-state index >= 15 is 0 Å². The van der Waals surface area contributed by atoms with Crippen molar-refractivity contribution in [2.45, 2.75) is 6.04 Å². The topological polar surface area (TPSA) is 164 Å². The molecular weight excluding hydrogens is 520 g/mol. The van der Waals surface area contributed by atoms with Crippen molar-refractivity contribution in [1.82, 2.24) is 0 Å². The van der Waals surface area contributed by atoms with Gasteiger partial charge in [0.15, 0.2) is 6.04 Å². The third kappa shape index (κ3) is 4.67. The van der Waals surface area contributed by atoms with Gasteiger partial charge in [-0.1, -0.05) is 12.1 Å². The molecule has 3 rings (SSSR count). The van der Waals surface area contributed by atoms with E-state index in [0.717, 1.165) is 53.6 Å². The number of esters is 6. The van der Waals surface area contributed by atoms with Crippen LogP contribution in [0.25, 0.3) is 0 Å². The van der Waals surface area contributed by atoms with E-state index in [-0.39, 0.29) is 17.2 Å². The highest BCUT2D eigenvalue weighted by molar-refractivity contribution is 6.19. The molecule has 0 aliphatic carbocycles. The Balaban J connectivity index is 2.64. The van der Waals surface area contributed by atoms with Crippen molar-refractivity contribution in [2.24, 2.45) is 0 Å². The predicted molar refractivity (Wildman–Crippen MR) is 129 cm³/mol. The minimum absolute atomic E-state index is 0.152. The fourth-order valence-electron chi connectivity index (χ4n) is 4.20. The van der Waals surface area contributed by atoms with Gasteiger partial charge in [0.1, 0.15) is 17.1 Å². The van der Waals surface area contributed by atoms with Crippen LogP contribution < -0.4 is 9.80 Å². The molecule has 1 atom stereocenters. The number of rotatable bonds is 7. The van der Waals surface area contributed by atoms with E-state index in [1.165, 1.54) is 17.0 Å². The smallest absolute Gasteiger partial charge is 0.355 e. The Bertz CT molecular complexity index is 1360. The van der Waals surface area contributed by atoms with Gasteiger partial charge in [-0.05, 0) is 12.1 Å². The maximum absolute atomic E-state index is 13.3. The predicted octanol–water partition coefficient (Wildman–Crippen LogP) is 0.125. The average molecular weight is 544 g/mol. The molecule has 0 unspecified atom stereocenters. The van der Waals surface area contributed by atoms with Gasteiger partial charge in [-0.2, -0.15) is 0 Å². The molecule has 0 spiro atoms. The Morgan fingerprint density at radius 2 is 1.26 bits per heavy atom. The van der Waals surface area contributed by atoms with Crippen molar-refractivity contribution < 1.29 is 57.2 Å². The molecule has 14 heteroatoms. The molecule has 2 aliphatic heterocycles. The lowest BCUT2D eigenvalue weighted by Gasteiger charge is -2.37. The number of ether oxygens (including phenoxy) is 6. The Hall–Kier alpha value is -5.14. The van der Waals surface area contributed by atoms with Crippen molar-refractivity contribution in [3.8, 4) is 0 Å². The highest BCUT2D eigenvalue weighted by atomic mass is 16.5. The van der Waals surface area contributed by atoms with Crippen LogP contribution in [0.3, 0.4) is 0 Å². The first-order chi connectivity index (χ1) is 18.6. The molecule has 1 aromatic rings. The number of hydrogen-bond donors (Lipinski definition) is 0. The Morgan fingerprint density at radius 1 is 0.692 bits per heavy atom.